The number of ether oxygens (including phenoxy) is 2. The Labute approximate surface area is 115 Å². The topological polar surface area (TPSA) is 30.5 Å². The van der Waals surface area contributed by atoms with Gasteiger partial charge < -0.3 is 14.8 Å². The predicted molar refractivity (Wildman–Crippen MR) is 77.4 cm³/mol. The first-order valence-corrected chi connectivity index (χ1v) is 7.44. The van der Waals surface area contributed by atoms with Crippen LogP contribution in [0.2, 0.25) is 0 Å². The van der Waals surface area contributed by atoms with Gasteiger partial charge in [0.2, 0.25) is 0 Å². The maximum absolute atomic E-state index is 5.47. The van der Waals surface area contributed by atoms with Gasteiger partial charge in [0.05, 0.1) is 14.2 Å². The molecule has 0 aliphatic rings. The summed E-state index contributed by atoms with van der Waals surface area (Å²) in [6.07, 6.45) is 2.09. The largest absolute Gasteiger partial charge is 0.495 e. The van der Waals surface area contributed by atoms with Gasteiger partial charge >= 0.3 is 0 Å². The van der Waals surface area contributed by atoms with E-state index >= 15 is 0 Å². The minimum Gasteiger partial charge on any atom is -0.495 e. The summed E-state index contributed by atoms with van der Waals surface area (Å²) in [7, 11) is 5.28. The zero-order chi connectivity index (χ0) is 12.8. The van der Waals surface area contributed by atoms with Crippen molar-refractivity contribution in [1.29, 1.82) is 0 Å². The Hall–Kier alpha value is -0.390. The van der Waals surface area contributed by atoms with E-state index in [0.717, 1.165) is 27.3 Å². The van der Waals surface area contributed by atoms with Gasteiger partial charge in [0, 0.05) is 17.4 Å². The summed E-state index contributed by atoms with van der Waals surface area (Å²) in [6.45, 7) is 0. The van der Waals surface area contributed by atoms with Crippen LogP contribution in [0, 0.1) is 0 Å². The third kappa shape index (κ3) is 3.30. The molecule has 0 aliphatic heterocycles. The van der Waals surface area contributed by atoms with Gasteiger partial charge in [-0.05, 0) is 41.4 Å². The Kier molecular flexibility index (Phi) is 6.16. The Bertz CT molecular complexity index is 374. The lowest BCUT2D eigenvalue weighted by atomic mass is 10.1. The lowest BCUT2D eigenvalue weighted by Gasteiger charge is -2.20. The van der Waals surface area contributed by atoms with Crippen molar-refractivity contribution in [3.8, 4) is 11.5 Å². The average molecular weight is 320 g/mol. The van der Waals surface area contributed by atoms with E-state index in [0.29, 0.717) is 0 Å². The fourth-order valence-corrected chi connectivity index (χ4v) is 3.05. The molecule has 0 aromatic heterocycles. The van der Waals surface area contributed by atoms with Crippen LogP contribution in [0.15, 0.2) is 16.6 Å². The van der Waals surface area contributed by atoms with Crippen molar-refractivity contribution in [2.75, 3.05) is 33.3 Å². The van der Waals surface area contributed by atoms with Crippen LogP contribution in [0.1, 0.15) is 11.6 Å². The molecule has 0 bridgehead atoms. The molecule has 96 valence electrons. The van der Waals surface area contributed by atoms with Crippen LogP contribution in [-0.4, -0.2) is 33.3 Å². The Morgan fingerprint density at radius 3 is 2.53 bits per heavy atom. The van der Waals surface area contributed by atoms with Gasteiger partial charge in [0.15, 0.2) is 0 Å². The van der Waals surface area contributed by atoms with Crippen molar-refractivity contribution in [2.24, 2.45) is 0 Å². The SMILES string of the molecule is CNC(CSC)c1ccc(OC)c(Br)c1OC. The number of thioether (sulfide) groups is 1. The molecule has 17 heavy (non-hydrogen) atoms. The van der Waals surface area contributed by atoms with E-state index in [9.17, 15) is 0 Å². The summed E-state index contributed by atoms with van der Waals surface area (Å²) in [5.74, 6) is 2.60. The molecule has 0 amide bonds. The zero-order valence-corrected chi connectivity index (χ0v) is 12.9. The maximum Gasteiger partial charge on any atom is 0.141 e. The van der Waals surface area contributed by atoms with E-state index in [-0.39, 0.29) is 6.04 Å². The van der Waals surface area contributed by atoms with E-state index in [1.165, 1.54) is 0 Å². The molecule has 0 radical (unpaired) electrons. The summed E-state index contributed by atoms with van der Waals surface area (Å²) in [6, 6.07) is 4.26. The minimum absolute atomic E-state index is 0.266. The number of methoxy groups -OCH3 is 2. The predicted octanol–water partition coefficient (Wildman–Crippen LogP) is 3.09. The first-order chi connectivity index (χ1) is 8.19. The normalized spacial score (nSPS) is 12.3. The van der Waals surface area contributed by atoms with Crippen LogP contribution in [0.4, 0.5) is 0 Å². The molecule has 1 aromatic rings. The van der Waals surface area contributed by atoms with Crippen molar-refractivity contribution in [3.05, 3.63) is 22.2 Å². The molecule has 0 heterocycles. The first kappa shape index (κ1) is 14.7. The van der Waals surface area contributed by atoms with Gasteiger partial charge in [0.1, 0.15) is 16.0 Å². The van der Waals surface area contributed by atoms with Gasteiger partial charge in [-0.2, -0.15) is 11.8 Å². The molecule has 0 fully saturated rings. The lowest BCUT2D eigenvalue weighted by Crippen LogP contribution is -2.19. The molecule has 5 heteroatoms. The number of rotatable bonds is 6. The number of halogens is 1. The van der Waals surface area contributed by atoms with Crippen molar-refractivity contribution < 1.29 is 9.47 Å². The molecule has 1 unspecified atom stereocenters. The summed E-state index contributed by atoms with van der Waals surface area (Å²) >= 11 is 5.32. The van der Waals surface area contributed by atoms with Gasteiger partial charge in [-0.1, -0.05) is 0 Å². The highest BCUT2D eigenvalue weighted by molar-refractivity contribution is 9.10. The maximum atomic E-state index is 5.47. The smallest absolute Gasteiger partial charge is 0.141 e. The fourth-order valence-electron chi connectivity index (χ4n) is 1.69. The van der Waals surface area contributed by atoms with Crippen molar-refractivity contribution in [2.45, 2.75) is 6.04 Å². The van der Waals surface area contributed by atoms with Crippen LogP contribution in [-0.2, 0) is 0 Å². The van der Waals surface area contributed by atoms with Crippen molar-refractivity contribution in [3.63, 3.8) is 0 Å². The lowest BCUT2D eigenvalue weighted by molar-refractivity contribution is 0.382. The molecular formula is C12H18BrNO2S. The third-order valence-electron chi connectivity index (χ3n) is 2.57. The van der Waals surface area contributed by atoms with Crippen molar-refractivity contribution >= 4 is 27.7 Å². The molecule has 3 nitrogen and oxygen atoms in total. The highest BCUT2D eigenvalue weighted by atomic mass is 79.9. The van der Waals surface area contributed by atoms with E-state index in [1.807, 2.05) is 19.2 Å². The van der Waals surface area contributed by atoms with Crippen LogP contribution >= 0.6 is 27.7 Å². The van der Waals surface area contributed by atoms with E-state index in [4.69, 9.17) is 9.47 Å². The molecular weight excluding hydrogens is 302 g/mol. The van der Waals surface area contributed by atoms with E-state index in [1.54, 1.807) is 26.0 Å². The highest BCUT2D eigenvalue weighted by Crippen LogP contribution is 2.40. The summed E-state index contributed by atoms with van der Waals surface area (Å²) in [4.78, 5) is 0. The van der Waals surface area contributed by atoms with Crippen molar-refractivity contribution in [1.82, 2.24) is 5.32 Å². The van der Waals surface area contributed by atoms with Crippen LogP contribution in [0.3, 0.4) is 0 Å². The second-order valence-corrected chi connectivity index (χ2v) is 5.20. The van der Waals surface area contributed by atoms with E-state index < -0.39 is 0 Å². The van der Waals surface area contributed by atoms with Crippen LogP contribution < -0.4 is 14.8 Å². The van der Waals surface area contributed by atoms with Gasteiger partial charge in [-0.3, -0.25) is 0 Å². The molecule has 1 aromatic carbocycles. The zero-order valence-electron chi connectivity index (χ0n) is 10.5. The Morgan fingerprint density at radius 2 is 2.06 bits per heavy atom. The monoisotopic (exact) mass is 319 g/mol. The fraction of sp³-hybridized carbons (Fsp3) is 0.500. The number of benzene rings is 1. The second kappa shape index (κ2) is 7.13. The average Bonchev–Trinajstić information content (AvgIpc) is 2.35. The van der Waals surface area contributed by atoms with Gasteiger partial charge in [-0.15, -0.1) is 0 Å². The second-order valence-electron chi connectivity index (χ2n) is 3.50. The summed E-state index contributed by atoms with van der Waals surface area (Å²) < 4.78 is 11.6. The highest BCUT2D eigenvalue weighted by Gasteiger charge is 2.18. The summed E-state index contributed by atoms with van der Waals surface area (Å²) in [5, 5.41) is 3.30. The standard InChI is InChI=1S/C12H18BrNO2S/c1-14-9(7-17-4)8-5-6-10(15-2)11(13)12(8)16-3/h5-6,9,14H,7H2,1-4H3. The number of nitrogens with one attached hydrogen (secondary N) is 1. The van der Waals surface area contributed by atoms with Gasteiger partial charge in [-0.25, -0.2) is 0 Å². The molecule has 0 aliphatic carbocycles. The quantitative estimate of drug-likeness (QED) is 0.872. The Balaban J connectivity index is 3.18. The van der Waals surface area contributed by atoms with Crippen LogP contribution in [0.25, 0.3) is 0 Å². The molecule has 0 saturated heterocycles. The van der Waals surface area contributed by atoms with Crippen LogP contribution in [0.5, 0.6) is 11.5 Å². The molecule has 1 rings (SSSR count). The third-order valence-corrected chi connectivity index (χ3v) is 3.99. The van der Waals surface area contributed by atoms with Gasteiger partial charge in [0.25, 0.3) is 0 Å². The number of hydrogen-bond acceptors (Lipinski definition) is 4. The molecule has 0 spiro atoms. The molecule has 1 N–H and O–H groups in total. The molecule has 1 atom stereocenters. The summed E-state index contributed by atoms with van der Waals surface area (Å²) in [5.41, 5.74) is 1.14. The first-order valence-electron chi connectivity index (χ1n) is 5.26. The molecule has 0 saturated carbocycles. The minimum atomic E-state index is 0.266. The Morgan fingerprint density at radius 1 is 1.35 bits per heavy atom. The van der Waals surface area contributed by atoms with E-state index in [2.05, 4.69) is 27.5 Å². The number of hydrogen-bond donors (Lipinski definition) is 1.